The molecule has 2 N–H and O–H groups in total. The third-order valence-electron chi connectivity index (χ3n) is 5.16. The Hall–Kier alpha value is -2.56. The molecule has 0 radical (unpaired) electrons. The van der Waals surface area contributed by atoms with Gasteiger partial charge in [-0.25, -0.2) is 0 Å². The zero-order valence-corrected chi connectivity index (χ0v) is 15.8. The minimum absolute atomic E-state index is 0.00740. The number of likely N-dealkylation sites (tertiary alicyclic amines) is 1. The maximum atomic E-state index is 12.8. The van der Waals surface area contributed by atoms with Crippen LogP contribution in [-0.2, 0) is 11.3 Å². The van der Waals surface area contributed by atoms with E-state index in [1.165, 1.54) is 5.56 Å². The topological polar surface area (TPSA) is 65.2 Å². The summed E-state index contributed by atoms with van der Waals surface area (Å²) < 4.78 is 0. The molecule has 0 bridgehead atoms. The van der Waals surface area contributed by atoms with Crippen molar-refractivity contribution in [1.29, 1.82) is 0 Å². The lowest BCUT2D eigenvalue weighted by molar-refractivity contribution is -0.126. The molecule has 0 saturated carbocycles. The summed E-state index contributed by atoms with van der Waals surface area (Å²) in [5.41, 5.74) is 4.88. The minimum Gasteiger partial charge on any atom is -0.354 e. The van der Waals surface area contributed by atoms with Crippen LogP contribution in [0.5, 0.6) is 0 Å². The number of nitrogens with one attached hydrogen (secondary N) is 2. The first-order chi connectivity index (χ1) is 12.5. The number of carbonyl (C=O) groups excluding carboxylic acids is 2. The molecule has 2 heterocycles. The Bertz CT molecular complexity index is 809. The molecule has 3 rings (SSSR count). The van der Waals surface area contributed by atoms with Crippen molar-refractivity contribution in [2.24, 2.45) is 5.92 Å². The molecule has 0 spiro atoms. The number of nitrogens with zero attached hydrogens (tertiary/aromatic N) is 1. The fourth-order valence-corrected chi connectivity index (χ4v) is 3.62. The average Bonchev–Trinajstić information content (AvgIpc) is 2.98. The van der Waals surface area contributed by atoms with Crippen LogP contribution in [-0.4, -0.2) is 34.8 Å². The van der Waals surface area contributed by atoms with Gasteiger partial charge in [0.15, 0.2) is 0 Å². The van der Waals surface area contributed by atoms with Gasteiger partial charge in [0.2, 0.25) is 5.91 Å². The second-order valence-electron chi connectivity index (χ2n) is 7.24. The molecule has 2 aromatic rings. The van der Waals surface area contributed by atoms with Crippen molar-refractivity contribution < 1.29 is 9.59 Å². The minimum atomic E-state index is -0.145. The molecule has 0 aliphatic carbocycles. The van der Waals surface area contributed by atoms with Gasteiger partial charge < -0.3 is 15.2 Å². The third-order valence-corrected chi connectivity index (χ3v) is 5.16. The molecule has 1 fully saturated rings. The molecule has 1 aliphatic rings. The highest BCUT2D eigenvalue weighted by Gasteiger charge is 2.29. The van der Waals surface area contributed by atoms with E-state index >= 15 is 0 Å². The SMILES string of the molecule is Cc1cc(C)c(C(=O)N2CCC[C@H](C(=O)NCc3ccccc3C)C2)[nH]1. The lowest BCUT2D eigenvalue weighted by atomic mass is 9.96. The van der Waals surface area contributed by atoms with Gasteiger partial charge in [-0.15, -0.1) is 0 Å². The summed E-state index contributed by atoms with van der Waals surface area (Å²) in [6.45, 7) is 7.65. The molecule has 1 saturated heterocycles. The summed E-state index contributed by atoms with van der Waals surface area (Å²) >= 11 is 0. The Kier molecular flexibility index (Phi) is 5.45. The lowest BCUT2D eigenvalue weighted by Crippen LogP contribution is -2.45. The van der Waals surface area contributed by atoms with Crippen LogP contribution in [0.3, 0.4) is 0 Å². The van der Waals surface area contributed by atoms with Gasteiger partial charge >= 0.3 is 0 Å². The molecule has 2 amide bonds. The van der Waals surface area contributed by atoms with E-state index in [1.807, 2.05) is 51.1 Å². The number of hydrogen-bond donors (Lipinski definition) is 2. The Morgan fingerprint density at radius 3 is 2.65 bits per heavy atom. The van der Waals surface area contributed by atoms with Crippen LogP contribution in [0, 0.1) is 26.7 Å². The van der Waals surface area contributed by atoms with E-state index in [1.54, 1.807) is 4.90 Å². The van der Waals surface area contributed by atoms with Crippen molar-refractivity contribution in [1.82, 2.24) is 15.2 Å². The molecular formula is C21H27N3O2. The highest BCUT2D eigenvalue weighted by molar-refractivity contribution is 5.94. The number of aromatic nitrogens is 1. The summed E-state index contributed by atoms with van der Waals surface area (Å²) in [6, 6.07) is 10.0. The largest absolute Gasteiger partial charge is 0.354 e. The fourth-order valence-electron chi connectivity index (χ4n) is 3.62. The van der Waals surface area contributed by atoms with E-state index in [0.717, 1.165) is 29.7 Å². The monoisotopic (exact) mass is 353 g/mol. The predicted octanol–water partition coefficient (Wildman–Crippen LogP) is 3.11. The summed E-state index contributed by atoms with van der Waals surface area (Å²) in [6.07, 6.45) is 1.68. The molecule has 138 valence electrons. The number of rotatable bonds is 4. The third kappa shape index (κ3) is 3.98. The maximum Gasteiger partial charge on any atom is 0.270 e. The first-order valence-corrected chi connectivity index (χ1v) is 9.23. The Balaban J connectivity index is 1.61. The average molecular weight is 353 g/mol. The van der Waals surface area contributed by atoms with Gasteiger partial charge in [-0.1, -0.05) is 24.3 Å². The van der Waals surface area contributed by atoms with Crippen LogP contribution >= 0.6 is 0 Å². The van der Waals surface area contributed by atoms with Gasteiger partial charge in [-0.2, -0.15) is 0 Å². The van der Waals surface area contributed by atoms with Gasteiger partial charge in [0, 0.05) is 25.3 Å². The van der Waals surface area contributed by atoms with Crippen LogP contribution in [0.2, 0.25) is 0 Å². The van der Waals surface area contributed by atoms with Gasteiger partial charge in [0.05, 0.1) is 5.92 Å². The molecule has 5 nitrogen and oxygen atoms in total. The fraction of sp³-hybridized carbons (Fsp3) is 0.429. The van der Waals surface area contributed by atoms with Crippen molar-refractivity contribution in [2.75, 3.05) is 13.1 Å². The number of H-pyrrole nitrogens is 1. The van der Waals surface area contributed by atoms with Crippen molar-refractivity contribution in [3.05, 3.63) is 58.4 Å². The molecular weight excluding hydrogens is 326 g/mol. The van der Waals surface area contributed by atoms with Crippen LogP contribution in [0.4, 0.5) is 0 Å². The molecule has 1 aromatic carbocycles. The quantitative estimate of drug-likeness (QED) is 0.887. The Labute approximate surface area is 154 Å². The first kappa shape index (κ1) is 18.2. The second kappa shape index (κ2) is 7.77. The van der Waals surface area contributed by atoms with Gasteiger partial charge in [0.25, 0.3) is 5.91 Å². The number of benzene rings is 1. The summed E-state index contributed by atoms with van der Waals surface area (Å²) in [4.78, 5) is 30.3. The van der Waals surface area contributed by atoms with E-state index in [4.69, 9.17) is 0 Å². The molecule has 1 aliphatic heterocycles. The lowest BCUT2D eigenvalue weighted by Gasteiger charge is -2.32. The van der Waals surface area contributed by atoms with Crippen LogP contribution in [0.15, 0.2) is 30.3 Å². The smallest absolute Gasteiger partial charge is 0.270 e. The van der Waals surface area contributed by atoms with Gasteiger partial charge in [-0.05, 0) is 56.4 Å². The molecule has 5 heteroatoms. The molecule has 0 unspecified atom stereocenters. The zero-order chi connectivity index (χ0) is 18.7. The molecule has 1 aromatic heterocycles. The van der Waals surface area contributed by atoms with E-state index in [9.17, 15) is 9.59 Å². The van der Waals surface area contributed by atoms with Crippen molar-refractivity contribution in [3.63, 3.8) is 0 Å². The number of aryl methyl sites for hydroxylation is 3. The molecule has 1 atom stereocenters. The van der Waals surface area contributed by atoms with Crippen molar-refractivity contribution >= 4 is 11.8 Å². The Morgan fingerprint density at radius 2 is 1.96 bits per heavy atom. The number of amides is 2. The number of aromatic amines is 1. The number of piperidine rings is 1. The maximum absolute atomic E-state index is 12.8. The van der Waals surface area contributed by atoms with Crippen LogP contribution in [0.1, 0.15) is 45.7 Å². The first-order valence-electron chi connectivity index (χ1n) is 9.23. The Morgan fingerprint density at radius 1 is 1.19 bits per heavy atom. The summed E-state index contributed by atoms with van der Waals surface area (Å²) in [5, 5.41) is 3.04. The normalized spacial score (nSPS) is 17.2. The van der Waals surface area contributed by atoms with E-state index in [-0.39, 0.29) is 17.7 Å². The van der Waals surface area contributed by atoms with Crippen molar-refractivity contribution in [2.45, 2.75) is 40.2 Å². The standard InChI is InChI=1S/C21H27N3O2/c1-14-7-4-5-8-17(14)12-22-20(25)18-9-6-10-24(13-18)21(26)19-15(2)11-16(3)23-19/h4-5,7-8,11,18,23H,6,9-10,12-13H2,1-3H3,(H,22,25)/t18-/m0/s1. The van der Waals surface area contributed by atoms with Gasteiger partial charge in [-0.3, -0.25) is 9.59 Å². The summed E-state index contributed by atoms with van der Waals surface area (Å²) in [5.74, 6) is -0.120. The van der Waals surface area contributed by atoms with Crippen molar-refractivity contribution in [3.8, 4) is 0 Å². The highest BCUT2D eigenvalue weighted by atomic mass is 16.2. The summed E-state index contributed by atoms with van der Waals surface area (Å²) in [7, 11) is 0. The van der Waals surface area contributed by atoms with Crippen LogP contribution in [0.25, 0.3) is 0 Å². The highest BCUT2D eigenvalue weighted by Crippen LogP contribution is 2.20. The van der Waals surface area contributed by atoms with Gasteiger partial charge in [0.1, 0.15) is 5.69 Å². The molecule has 26 heavy (non-hydrogen) atoms. The van der Waals surface area contributed by atoms with Crippen LogP contribution < -0.4 is 5.32 Å². The number of hydrogen-bond acceptors (Lipinski definition) is 2. The zero-order valence-electron chi connectivity index (χ0n) is 15.8. The second-order valence-corrected chi connectivity index (χ2v) is 7.24. The van der Waals surface area contributed by atoms with E-state index in [2.05, 4.69) is 10.3 Å². The number of carbonyl (C=O) groups is 2. The van der Waals surface area contributed by atoms with E-state index < -0.39 is 0 Å². The predicted molar refractivity (Wildman–Crippen MR) is 102 cm³/mol. The van der Waals surface area contributed by atoms with E-state index in [0.29, 0.717) is 25.3 Å².